The Bertz CT molecular complexity index is 618. The number of carbonyl (C=O) groups excluding carboxylic acids is 1. The Kier molecular flexibility index (Phi) is 4.87. The summed E-state index contributed by atoms with van der Waals surface area (Å²) in [5.74, 6) is 2.61. The fraction of sp³-hybridized carbons (Fsp3) is 0.312. The van der Waals surface area contributed by atoms with Gasteiger partial charge in [0.15, 0.2) is 18.1 Å². The zero-order valence-electron chi connectivity index (χ0n) is 12.4. The van der Waals surface area contributed by atoms with Crippen molar-refractivity contribution < 1.29 is 18.7 Å². The molecule has 0 aliphatic carbocycles. The van der Waals surface area contributed by atoms with Crippen LogP contribution in [0.5, 0.6) is 11.5 Å². The number of rotatable bonds is 6. The number of amides is 1. The third-order valence-corrected chi connectivity index (χ3v) is 3.05. The van der Waals surface area contributed by atoms with E-state index < -0.39 is 0 Å². The van der Waals surface area contributed by atoms with Crippen LogP contribution in [0.3, 0.4) is 0 Å². The second-order valence-electron chi connectivity index (χ2n) is 4.65. The predicted octanol–water partition coefficient (Wildman–Crippen LogP) is 2.60. The van der Waals surface area contributed by atoms with Crippen molar-refractivity contribution in [3.8, 4) is 11.5 Å². The molecular weight excluding hydrogens is 270 g/mol. The van der Waals surface area contributed by atoms with Crippen LogP contribution in [0, 0.1) is 13.8 Å². The zero-order chi connectivity index (χ0) is 15.2. The van der Waals surface area contributed by atoms with E-state index in [1.54, 1.807) is 19.2 Å². The molecule has 2 rings (SSSR count). The van der Waals surface area contributed by atoms with Crippen molar-refractivity contribution in [2.24, 2.45) is 0 Å². The summed E-state index contributed by atoms with van der Waals surface area (Å²) in [6.07, 6.45) is 0. The molecule has 5 nitrogen and oxygen atoms in total. The van der Waals surface area contributed by atoms with E-state index in [0.29, 0.717) is 18.0 Å². The Labute approximate surface area is 123 Å². The third kappa shape index (κ3) is 4.02. The first-order valence-electron chi connectivity index (χ1n) is 6.68. The van der Waals surface area contributed by atoms with E-state index in [-0.39, 0.29) is 12.5 Å². The molecule has 1 heterocycles. The summed E-state index contributed by atoms with van der Waals surface area (Å²) in [6, 6.07) is 9.13. The van der Waals surface area contributed by atoms with Gasteiger partial charge in [0.2, 0.25) is 0 Å². The van der Waals surface area contributed by atoms with Gasteiger partial charge in [-0.25, -0.2) is 0 Å². The minimum absolute atomic E-state index is 0.0593. The average Bonchev–Trinajstić information content (AvgIpc) is 2.81. The Morgan fingerprint density at radius 3 is 2.57 bits per heavy atom. The van der Waals surface area contributed by atoms with Gasteiger partial charge in [0.1, 0.15) is 11.5 Å². The SMILES string of the molecule is COc1ccccc1OCC(=O)NCc1cc(C)oc1C. The molecule has 2 aromatic rings. The molecule has 0 spiro atoms. The van der Waals surface area contributed by atoms with Gasteiger partial charge in [-0.15, -0.1) is 0 Å². The number of furan rings is 1. The number of carbonyl (C=O) groups is 1. The highest BCUT2D eigenvalue weighted by Gasteiger charge is 2.09. The molecule has 1 aromatic heterocycles. The lowest BCUT2D eigenvalue weighted by molar-refractivity contribution is -0.123. The highest BCUT2D eigenvalue weighted by Crippen LogP contribution is 2.25. The predicted molar refractivity (Wildman–Crippen MR) is 78.5 cm³/mol. The summed E-state index contributed by atoms with van der Waals surface area (Å²) in [6.45, 7) is 4.12. The molecule has 0 fully saturated rings. The van der Waals surface area contributed by atoms with E-state index in [0.717, 1.165) is 17.1 Å². The largest absolute Gasteiger partial charge is 0.493 e. The van der Waals surface area contributed by atoms with Crippen LogP contribution in [0.15, 0.2) is 34.7 Å². The normalized spacial score (nSPS) is 10.2. The van der Waals surface area contributed by atoms with Gasteiger partial charge in [-0.3, -0.25) is 4.79 Å². The molecule has 112 valence electrons. The lowest BCUT2D eigenvalue weighted by Gasteiger charge is -2.10. The Morgan fingerprint density at radius 2 is 1.95 bits per heavy atom. The van der Waals surface area contributed by atoms with Gasteiger partial charge >= 0.3 is 0 Å². The van der Waals surface area contributed by atoms with Crippen molar-refractivity contribution in [2.45, 2.75) is 20.4 Å². The van der Waals surface area contributed by atoms with Gasteiger partial charge in [0.25, 0.3) is 5.91 Å². The van der Waals surface area contributed by atoms with E-state index in [4.69, 9.17) is 13.9 Å². The second kappa shape index (κ2) is 6.83. The summed E-state index contributed by atoms with van der Waals surface area (Å²) >= 11 is 0. The van der Waals surface area contributed by atoms with Crippen LogP contribution in [0.2, 0.25) is 0 Å². The number of benzene rings is 1. The summed E-state index contributed by atoms with van der Waals surface area (Å²) in [4.78, 5) is 11.8. The summed E-state index contributed by atoms with van der Waals surface area (Å²) in [5, 5.41) is 2.80. The van der Waals surface area contributed by atoms with Crippen LogP contribution < -0.4 is 14.8 Å². The topological polar surface area (TPSA) is 60.7 Å². The standard InChI is InChI=1S/C16H19NO4/c1-11-8-13(12(2)21-11)9-17-16(18)10-20-15-7-5-4-6-14(15)19-3/h4-8H,9-10H2,1-3H3,(H,17,18). The summed E-state index contributed by atoms with van der Waals surface area (Å²) in [5.41, 5.74) is 0.971. The van der Waals surface area contributed by atoms with Crippen molar-refractivity contribution >= 4 is 5.91 Å². The fourth-order valence-corrected chi connectivity index (χ4v) is 1.99. The molecule has 0 atom stereocenters. The maximum Gasteiger partial charge on any atom is 0.258 e. The molecule has 0 bridgehead atoms. The van der Waals surface area contributed by atoms with Crippen LogP contribution in [0.25, 0.3) is 0 Å². The van der Waals surface area contributed by atoms with E-state index >= 15 is 0 Å². The zero-order valence-corrected chi connectivity index (χ0v) is 12.4. The second-order valence-corrected chi connectivity index (χ2v) is 4.65. The van der Waals surface area contributed by atoms with Gasteiger partial charge in [-0.05, 0) is 32.0 Å². The summed E-state index contributed by atoms with van der Waals surface area (Å²) in [7, 11) is 1.56. The molecule has 1 amide bonds. The van der Waals surface area contributed by atoms with E-state index in [1.165, 1.54) is 0 Å². The third-order valence-electron chi connectivity index (χ3n) is 3.05. The molecule has 0 radical (unpaired) electrons. The minimum Gasteiger partial charge on any atom is -0.493 e. The highest BCUT2D eigenvalue weighted by molar-refractivity contribution is 5.77. The van der Waals surface area contributed by atoms with Gasteiger partial charge in [0.05, 0.1) is 7.11 Å². The maximum absolute atomic E-state index is 11.8. The van der Waals surface area contributed by atoms with Crippen molar-refractivity contribution in [2.75, 3.05) is 13.7 Å². The fourth-order valence-electron chi connectivity index (χ4n) is 1.99. The van der Waals surface area contributed by atoms with E-state index in [2.05, 4.69) is 5.32 Å². The lowest BCUT2D eigenvalue weighted by Crippen LogP contribution is -2.28. The molecule has 0 saturated carbocycles. The minimum atomic E-state index is -0.195. The molecular formula is C16H19NO4. The van der Waals surface area contributed by atoms with Crippen LogP contribution in [-0.4, -0.2) is 19.6 Å². The van der Waals surface area contributed by atoms with Crippen LogP contribution in [-0.2, 0) is 11.3 Å². The van der Waals surface area contributed by atoms with Crippen molar-refractivity contribution in [3.05, 3.63) is 47.4 Å². The number of hydrogen-bond donors (Lipinski definition) is 1. The average molecular weight is 289 g/mol. The number of aryl methyl sites for hydroxylation is 2. The number of para-hydroxylation sites is 2. The van der Waals surface area contributed by atoms with E-state index in [9.17, 15) is 4.79 Å². The molecule has 21 heavy (non-hydrogen) atoms. The van der Waals surface area contributed by atoms with Gasteiger partial charge in [-0.1, -0.05) is 12.1 Å². The number of methoxy groups -OCH3 is 1. The Balaban J connectivity index is 1.84. The van der Waals surface area contributed by atoms with Crippen molar-refractivity contribution in [1.29, 1.82) is 0 Å². The van der Waals surface area contributed by atoms with Gasteiger partial charge in [-0.2, -0.15) is 0 Å². The first-order chi connectivity index (χ1) is 10.1. The molecule has 1 N–H and O–H groups in total. The quantitative estimate of drug-likeness (QED) is 0.888. The van der Waals surface area contributed by atoms with Crippen LogP contribution >= 0.6 is 0 Å². The lowest BCUT2D eigenvalue weighted by atomic mass is 10.2. The molecule has 5 heteroatoms. The van der Waals surface area contributed by atoms with Crippen LogP contribution in [0.1, 0.15) is 17.1 Å². The first-order valence-corrected chi connectivity index (χ1v) is 6.68. The molecule has 0 saturated heterocycles. The highest BCUT2D eigenvalue weighted by atomic mass is 16.5. The monoisotopic (exact) mass is 289 g/mol. The Hall–Kier alpha value is -2.43. The molecule has 0 aliphatic heterocycles. The Morgan fingerprint density at radius 1 is 1.24 bits per heavy atom. The first kappa shape index (κ1) is 15.0. The molecule has 0 unspecified atom stereocenters. The van der Waals surface area contributed by atoms with Crippen LogP contribution in [0.4, 0.5) is 0 Å². The number of nitrogens with one attached hydrogen (secondary N) is 1. The smallest absolute Gasteiger partial charge is 0.258 e. The van der Waals surface area contributed by atoms with E-state index in [1.807, 2.05) is 32.0 Å². The van der Waals surface area contributed by atoms with Crippen molar-refractivity contribution in [3.63, 3.8) is 0 Å². The van der Waals surface area contributed by atoms with Gasteiger partial charge < -0.3 is 19.2 Å². The maximum atomic E-state index is 11.8. The number of hydrogen-bond acceptors (Lipinski definition) is 4. The summed E-state index contributed by atoms with van der Waals surface area (Å²) < 4.78 is 16.0. The molecule has 0 aliphatic rings. The van der Waals surface area contributed by atoms with Gasteiger partial charge in [0, 0.05) is 12.1 Å². The number of ether oxygens (including phenoxy) is 2. The molecule has 1 aromatic carbocycles. The van der Waals surface area contributed by atoms with Crippen molar-refractivity contribution in [1.82, 2.24) is 5.32 Å².